The molecule has 7 atom stereocenters. The molecule has 2 aromatic carbocycles. The predicted molar refractivity (Wildman–Crippen MR) is 371 cm³/mol. The number of aliphatic hydroxyl groups excluding tert-OH is 2. The molecule has 0 radical (unpaired) electrons. The monoisotopic (exact) mass is 1430 g/mol. The number of carbonyl (C=O) groups excluding carboxylic acids is 8. The Kier molecular flexibility index (Phi) is 36.6. The summed E-state index contributed by atoms with van der Waals surface area (Å²) in [7, 11) is 1.45. The molecule has 3 heterocycles. The summed E-state index contributed by atoms with van der Waals surface area (Å²) < 4.78 is 0. The first-order chi connectivity index (χ1) is 46.8. The zero-order valence-electron chi connectivity index (χ0n) is 56.3. The van der Waals surface area contributed by atoms with Crippen LogP contribution in [0.4, 0.5) is 0 Å². The number of nitrogens with one attached hydrogen (secondary N) is 6. The van der Waals surface area contributed by atoms with Crippen LogP contribution in [0, 0.1) is 0 Å². The lowest BCUT2D eigenvalue weighted by Gasteiger charge is -2.33. The lowest BCUT2D eigenvalue weighted by Crippen LogP contribution is -2.59. The van der Waals surface area contributed by atoms with E-state index in [9.17, 15) is 83.4 Å². The maximum atomic E-state index is 14.4. The fourth-order valence-electron chi connectivity index (χ4n) is 11.5. The van der Waals surface area contributed by atoms with Crippen molar-refractivity contribution >= 4 is 100 Å². The highest BCUT2D eigenvalue weighted by Crippen LogP contribution is 2.25. The second-order valence-electron chi connectivity index (χ2n) is 25.0. The Morgan fingerprint density at radius 1 is 0.704 bits per heavy atom. The Balaban J connectivity index is 1.40. The Hall–Kier alpha value is -6.66. The van der Waals surface area contributed by atoms with E-state index in [0.29, 0.717) is 35.7 Å². The van der Waals surface area contributed by atoms with Crippen molar-refractivity contribution in [1.82, 2.24) is 61.3 Å². The Morgan fingerprint density at radius 2 is 1.31 bits per heavy atom. The van der Waals surface area contributed by atoms with Crippen molar-refractivity contribution in [2.75, 3.05) is 129 Å². The van der Waals surface area contributed by atoms with Crippen LogP contribution in [0.1, 0.15) is 87.5 Å². The summed E-state index contributed by atoms with van der Waals surface area (Å²) in [6, 6.07) is 7.51. The minimum Gasteiger partial charge on any atom is -0.480 e. The van der Waals surface area contributed by atoms with Gasteiger partial charge in [-0.25, -0.2) is 4.79 Å². The van der Waals surface area contributed by atoms with E-state index in [2.05, 4.69) is 31.9 Å². The molecule has 2 fully saturated rings. The average Bonchev–Trinajstić information content (AvgIpc) is 1.62. The summed E-state index contributed by atoms with van der Waals surface area (Å²) in [6.45, 7) is 4.72. The zero-order valence-corrected chi connectivity index (χ0v) is 58.8. The van der Waals surface area contributed by atoms with E-state index in [1.807, 2.05) is 30.0 Å². The fourth-order valence-corrected chi connectivity index (χ4v) is 14.2. The third kappa shape index (κ3) is 30.8. The summed E-state index contributed by atoms with van der Waals surface area (Å²) in [5, 5.41) is 77.3. The maximum absolute atomic E-state index is 14.4. The van der Waals surface area contributed by atoms with Gasteiger partial charge in [0.2, 0.25) is 47.3 Å². The number of primary amides is 1. The fraction of sp³-hybridized carbons (Fsp3) is 0.646. The van der Waals surface area contributed by atoms with E-state index < -0.39 is 109 Å². The van der Waals surface area contributed by atoms with E-state index >= 15 is 0 Å². The molecule has 30 nitrogen and oxygen atoms in total. The molecule has 2 bridgehead atoms. The standard InChI is InChI=1S/C65H101N13O17S3/c1-4-5-7-14-55(81)69-51-41-97-39-46-28-45(38-96-27-17-67-56(82)33-74-19-21-75(35-58(84)85)23-25-77(37-60(88)89)26-24-76(22-20-74)36-59(86)87)29-47(30-46)40-98-42-52(65(94)95)72-62(91)49(31-44-11-8-6-9-12-44)70-61(90)48(15-16-54(66)80)68-32-50(43(2)79)71-63(92)53-13-10-18-78(53)57(83)34-73(3)64(51)93/h6,8-9,11-12,28-30,43,48-53,60,68,79,88-89H,4-5,7,10,13-27,31-42H2,1-3H3,(H2,66,80)(H,67,82)(H,69,81)(H,70,90)(H,71,92)(H,72,91)(H,84,85)(H,86,87)(H,94,95)/t43-,48+,49+,50-,51+,52+,53+/m1/s1. The number of nitrogens with zero attached hydrogens (tertiary/aromatic N) is 6. The first-order valence-electron chi connectivity index (χ1n) is 33.3. The number of likely N-dealkylation sites (N-methyl/N-ethyl adjacent to an activating group) is 1. The molecular formula is C65H101N13O17S3. The van der Waals surface area contributed by atoms with Crippen molar-refractivity contribution in [2.24, 2.45) is 5.73 Å². The molecule has 14 N–H and O–H groups in total. The molecule has 546 valence electrons. The molecular weight excluding hydrogens is 1330 g/mol. The molecule has 5 rings (SSSR count). The first kappa shape index (κ1) is 82.0. The molecule has 0 aromatic heterocycles. The number of amides is 8. The third-order valence-electron chi connectivity index (χ3n) is 16.8. The largest absolute Gasteiger partial charge is 0.480 e. The van der Waals surface area contributed by atoms with Crippen LogP contribution in [-0.2, 0) is 76.4 Å². The number of rotatable bonds is 25. The summed E-state index contributed by atoms with van der Waals surface area (Å²) in [5.74, 6) is -6.51. The van der Waals surface area contributed by atoms with Crippen LogP contribution in [-0.4, -0.2) is 303 Å². The number of hydrogen-bond donors (Lipinski definition) is 13. The molecule has 0 aliphatic carbocycles. The van der Waals surface area contributed by atoms with Gasteiger partial charge >= 0.3 is 17.9 Å². The molecule has 0 saturated carbocycles. The number of hydrogen-bond acceptors (Lipinski definition) is 22. The van der Waals surface area contributed by atoms with Crippen molar-refractivity contribution in [3.63, 3.8) is 0 Å². The number of aliphatic carboxylic acids is 3. The average molecular weight is 1430 g/mol. The van der Waals surface area contributed by atoms with Crippen LogP contribution >= 0.6 is 35.3 Å². The zero-order chi connectivity index (χ0) is 71.7. The lowest BCUT2D eigenvalue weighted by molar-refractivity contribution is -0.144. The normalized spacial score (nSPS) is 22.6. The number of benzene rings is 2. The summed E-state index contributed by atoms with van der Waals surface area (Å²) in [5.41, 5.74) is 8.66. The van der Waals surface area contributed by atoms with Crippen LogP contribution in [0.3, 0.4) is 0 Å². The number of carboxylic acid groups (broad SMARTS) is 3. The number of nitrogens with two attached hydrogens (primary N) is 1. The number of carbonyl (C=O) groups is 11. The van der Waals surface area contributed by atoms with Crippen molar-refractivity contribution in [2.45, 2.75) is 138 Å². The Labute approximate surface area is 585 Å². The molecule has 2 aromatic rings. The van der Waals surface area contributed by atoms with E-state index in [-0.39, 0.29) is 159 Å². The number of aliphatic hydroxyl groups is 3. The molecule has 3 aliphatic rings. The van der Waals surface area contributed by atoms with Gasteiger partial charge in [0, 0.05) is 139 Å². The van der Waals surface area contributed by atoms with Crippen molar-refractivity contribution in [1.29, 1.82) is 0 Å². The van der Waals surface area contributed by atoms with Gasteiger partial charge in [0.15, 0.2) is 6.29 Å². The quantitative estimate of drug-likeness (QED) is 0.0382. The van der Waals surface area contributed by atoms with E-state index in [1.54, 1.807) is 45.0 Å². The number of carboxylic acids is 3. The smallest absolute Gasteiger partial charge is 0.327 e. The topological polar surface area (TPSA) is 427 Å². The predicted octanol–water partition coefficient (Wildman–Crippen LogP) is -1.88. The van der Waals surface area contributed by atoms with Gasteiger partial charge in [-0.2, -0.15) is 35.3 Å². The van der Waals surface area contributed by atoms with Crippen molar-refractivity contribution < 1.29 is 83.4 Å². The molecule has 98 heavy (non-hydrogen) atoms. The first-order valence-corrected chi connectivity index (χ1v) is 36.8. The molecule has 0 unspecified atom stereocenters. The van der Waals surface area contributed by atoms with Gasteiger partial charge in [-0.15, -0.1) is 0 Å². The second kappa shape index (κ2) is 43.8. The molecule has 33 heteroatoms. The minimum atomic E-state index is -1.65. The van der Waals surface area contributed by atoms with Gasteiger partial charge in [-0.05, 0) is 54.9 Å². The molecule has 2 saturated heterocycles. The van der Waals surface area contributed by atoms with Crippen LogP contribution in [0.25, 0.3) is 0 Å². The van der Waals surface area contributed by atoms with Gasteiger partial charge in [0.1, 0.15) is 24.2 Å². The van der Waals surface area contributed by atoms with Gasteiger partial charge in [-0.1, -0.05) is 68.3 Å². The van der Waals surface area contributed by atoms with Gasteiger partial charge in [-0.3, -0.25) is 67.5 Å². The van der Waals surface area contributed by atoms with Gasteiger partial charge < -0.3 is 78.1 Å². The van der Waals surface area contributed by atoms with Gasteiger partial charge in [0.25, 0.3) is 0 Å². The minimum absolute atomic E-state index is 0.0554. The molecule has 8 amide bonds. The van der Waals surface area contributed by atoms with Crippen molar-refractivity contribution in [3.05, 3.63) is 70.8 Å². The summed E-state index contributed by atoms with van der Waals surface area (Å²) in [4.78, 5) is 157. The second-order valence-corrected chi connectivity index (χ2v) is 28.1. The number of thioether (sulfide) groups is 3. The van der Waals surface area contributed by atoms with Crippen LogP contribution in [0.2, 0.25) is 0 Å². The Morgan fingerprint density at radius 3 is 1.89 bits per heavy atom. The van der Waals surface area contributed by atoms with Crippen LogP contribution < -0.4 is 37.6 Å². The highest BCUT2D eigenvalue weighted by atomic mass is 32.2. The molecule has 0 spiro atoms. The summed E-state index contributed by atoms with van der Waals surface area (Å²) in [6.07, 6.45) is -0.217. The lowest BCUT2D eigenvalue weighted by atomic mass is 10.0. The van der Waals surface area contributed by atoms with E-state index in [0.717, 1.165) is 29.5 Å². The highest BCUT2D eigenvalue weighted by Gasteiger charge is 2.38. The van der Waals surface area contributed by atoms with E-state index in [4.69, 9.17) is 5.73 Å². The number of β-amino-alcohol motifs (C(OH)–C–C–N with tert-alkyl or cyclic N) is 2. The Bertz CT molecular complexity index is 2910. The highest BCUT2D eigenvalue weighted by molar-refractivity contribution is 7.99. The summed E-state index contributed by atoms with van der Waals surface area (Å²) >= 11 is 4.13. The third-order valence-corrected chi connectivity index (χ3v) is 20.0. The van der Waals surface area contributed by atoms with E-state index in [1.165, 1.54) is 59.1 Å². The number of fused-ring (bicyclic) bond motifs is 3. The van der Waals surface area contributed by atoms with Crippen molar-refractivity contribution in [3.8, 4) is 0 Å². The molecule has 3 aliphatic heterocycles. The SMILES string of the molecule is CCCCCC(=O)N[C@H]1CSCc2cc(CSCCNC(=O)CN3CCN(CC(=O)O)CCN(CC(O)O)CCN(CC(=O)O)CC3)cc(c2)CSC[C@@H](C(=O)O)NC(=O)[C@H](Cc2ccccc2)NC(=O)[C@H](CCC(N)=O)NC[C@H]([C@@H](C)O)NC(=O)[C@@H]2CCCN2C(=O)CN(C)C1=O. The van der Waals surface area contributed by atoms with Crippen LogP contribution in [0.15, 0.2) is 48.5 Å². The maximum Gasteiger partial charge on any atom is 0.327 e. The number of unbranched alkanes of at least 4 members (excludes halogenated alkanes) is 2. The van der Waals surface area contributed by atoms with Gasteiger partial charge in [0.05, 0.1) is 44.4 Å². The van der Waals surface area contributed by atoms with Crippen LogP contribution in [0.5, 0.6) is 0 Å².